The second kappa shape index (κ2) is 5.70. The van der Waals surface area contributed by atoms with Gasteiger partial charge in [0.1, 0.15) is 0 Å². The fraction of sp³-hybridized carbons (Fsp3) is 0.857. The fourth-order valence-electron chi connectivity index (χ4n) is 3.35. The maximum Gasteiger partial charge on any atom is 0.0214 e. The van der Waals surface area contributed by atoms with Crippen molar-refractivity contribution in [1.29, 1.82) is 0 Å². The second-order valence-electron chi connectivity index (χ2n) is 5.20. The summed E-state index contributed by atoms with van der Waals surface area (Å²) in [7, 11) is 0. The van der Waals surface area contributed by atoms with Gasteiger partial charge < -0.3 is 5.32 Å². The predicted molar refractivity (Wildman–Crippen MR) is 68.3 cm³/mol. The highest BCUT2D eigenvalue weighted by atomic mass is 15.2. The van der Waals surface area contributed by atoms with Gasteiger partial charge in [0.2, 0.25) is 0 Å². The van der Waals surface area contributed by atoms with Crippen LogP contribution in [0.15, 0.2) is 0 Å². The third-order valence-corrected chi connectivity index (χ3v) is 4.08. The van der Waals surface area contributed by atoms with Crippen molar-refractivity contribution in [1.82, 2.24) is 10.2 Å². The first-order chi connectivity index (χ1) is 7.85. The molecule has 2 rings (SSSR count). The van der Waals surface area contributed by atoms with Gasteiger partial charge in [0, 0.05) is 31.1 Å². The Kier molecular flexibility index (Phi) is 4.26. The summed E-state index contributed by atoms with van der Waals surface area (Å²) in [6.45, 7) is 4.53. The summed E-state index contributed by atoms with van der Waals surface area (Å²) in [5, 5.41) is 3.68. The summed E-state index contributed by atoms with van der Waals surface area (Å²) in [6, 6.07) is 2.38. The molecular weight excluding hydrogens is 196 g/mol. The first-order valence-electron chi connectivity index (χ1n) is 6.77. The van der Waals surface area contributed by atoms with Gasteiger partial charge >= 0.3 is 0 Å². The molecule has 0 aromatic carbocycles. The van der Waals surface area contributed by atoms with Crippen LogP contribution in [0.1, 0.15) is 45.4 Å². The van der Waals surface area contributed by atoms with E-state index in [0.717, 1.165) is 31.1 Å². The summed E-state index contributed by atoms with van der Waals surface area (Å²) in [5.74, 6) is 2.77. The van der Waals surface area contributed by atoms with Crippen LogP contribution >= 0.6 is 0 Å². The van der Waals surface area contributed by atoms with Crippen molar-refractivity contribution >= 4 is 0 Å². The van der Waals surface area contributed by atoms with E-state index >= 15 is 0 Å². The van der Waals surface area contributed by atoms with Crippen LogP contribution in [0.3, 0.4) is 0 Å². The third-order valence-electron chi connectivity index (χ3n) is 4.08. The van der Waals surface area contributed by atoms with Gasteiger partial charge in [0.05, 0.1) is 0 Å². The minimum atomic E-state index is 0.763. The number of nitrogens with one attached hydrogen (secondary N) is 1. The Morgan fingerprint density at radius 2 is 2.00 bits per heavy atom. The lowest BCUT2D eigenvalue weighted by atomic mass is 9.97. The summed E-state index contributed by atoms with van der Waals surface area (Å²) in [6.07, 6.45) is 13.0. The van der Waals surface area contributed by atoms with Crippen LogP contribution in [-0.4, -0.2) is 36.1 Å². The van der Waals surface area contributed by atoms with E-state index in [-0.39, 0.29) is 0 Å². The first kappa shape index (κ1) is 12.0. The molecule has 0 spiro atoms. The van der Waals surface area contributed by atoms with Gasteiger partial charge in [-0.2, -0.15) is 0 Å². The smallest absolute Gasteiger partial charge is 0.0214 e. The zero-order valence-corrected chi connectivity index (χ0v) is 10.4. The molecule has 2 bridgehead atoms. The summed E-state index contributed by atoms with van der Waals surface area (Å²) < 4.78 is 0. The number of nitrogens with zero attached hydrogens (tertiary/aromatic N) is 1. The van der Waals surface area contributed by atoms with Gasteiger partial charge in [-0.25, -0.2) is 0 Å². The van der Waals surface area contributed by atoms with Crippen molar-refractivity contribution in [2.24, 2.45) is 0 Å². The van der Waals surface area contributed by atoms with Crippen LogP contribution in [-0.2, 0) is 0 Å². The minimum absolute atomic E-state index is 0.763. The fourth-order valence-corrected chi connectivity index (χ4v) is 3.35. The Bertz CT molecular complexity index is 242. The number of fused-ring (bicyclic) bond motifs is 2. The molecular formula is C14H24N2. The predicted octanol–water partition coefficient (Wildman–Crippen LogP) is 2.00. The lowest BCUT2D eigenvalue weighted by Gasteiger charge is -2.39. The SMILES string of the molecule is C#CCCN1C2CCC1CC(NCCC)C2. The molecule has 2 aliphatic rings. The Hall–Kier alpha value is -0.520. The quantitative estimate of drug-likeness (QED) is 0.713. The lowest BCUT2D eigenvalue weighted by Crippen LogP contribution is -2.49. The number of hydrogen-bond acceptors (Lipinski definition) is 2. The molecule has 1 N–H and O–H groups in total. The van der Waals surface area contributed by atoms with E-state index in [1.165, 1.54) is 38.6 Å². The average Bonchev–Trinajstić information content (AvgIpc) is 2.54. The van der Waals surface area contributed by atoms with Gasteiger partial charge in [-0.3, -0.25) is 4.90 Å². The van der Waals surface area contributed by atoms with Crippen molar-refractivity contribution in [3.8, 4) is 12.3 Å². The average molecular weight is 220 g/mol. The van der Waals surface area contributed by atoms with Crippen LogP contribution < -0.4 is 5.32 Å². The third kappa shape index (κ3) is 2.59. The molecule has 0 aliphatic carbocycles. The van der Waals surface area contributed by atoms with Crippen LogP contribution in [0.2, 0.25) is 0 Å². The van der Waals surface area contributed by atoms with E-state index in [4.69, 9.17) is 6.42 Å². The Morgan fingerprint density at radius 3 is 2.56 bits per heavy atom. The molecule has 2 heterocycles. The summed E-state index contributed by atoms with van der Waals surface area (Å²) >= 11 is 0. The second-order valence-corrected chi connectivity index (χ2v) is 5.20. The van der Waals surface area contributed by atoms with E-state index in [0.29, 0.717) is 0 Å². The molecule has 2 atom stereocenters. The lowest BCUT2D eigenvalue weighted by molar-refractivity contribution is 0.120. The van der Waals surface area contributed by atoms with Gasteiger partial charge in [0.15, 0.2) is 0 Å². The zero-order valence-electron chi connectivity index (χ0n) is 10.4. The Labute approximate surface area is 99.8 Å². The molecule has 2 unspecified atom stereocenters. The zero-order chi connectivity index (χ0) is 11.4. The Balaban J connectivity index is 1.84. The largest absolute Gasteiger partial charge is 0.314 e. The van der Waals surface area contributed by atoms with Gasteiger partial charge in [-0.15, -0.1) is 12.3 Å². The molecule has 2 fully saturated rings. The standard InChI is InChI=1S/C14H24N2/c1-3-5-9-16-13-6-7-14(16)11-12(10-13)15-8-4-2/h1,12-15H,4-11H2,2H3. The highest BCUT2D eigenvalue weighted by molar-refractivity contribution is 4.98. The molecule has 0 radical (unpaired) electrons. The van der Waals surface area contributed by atoms with Crippen LogP contribution in [0.4, 0.5) is 0 Å². The number of hydrogen-bond donors (Lipinski definition) is 1. The maximum atomic E-state index is 5.36. The van der Waals surface area contributed by atoms with Gasteiger partial charge in [0.25, 0.3) is 0 Å². The summed E-state index contributed by atoms with van der Waals surface area (Å²) in [5.41, 5.74) is 0. The number of terminal acetylenes is 1. The van der Waals surface area contributed by atoms with E-state index in [1.54, 1.807) is 0 Å². The number of rotatable bonds is 5. The highest BCUT2D eigenvalue weighted by Gasteiger charge is 2.39. The monoisotopic (exact) mass is 220 g/mol. The van der Waals surface area contributed by atoms with Crippen molar-refractivity contribution in [2.45, 2.75) is 63.6 Å². The maximum absolute atomic E-state index is 5.36. The van der Waals surface area contributed by atoms with Gasteiger partial charge in [-0.05, 0) is 38.6 Å². The van der Waals surface area contributed by atoms with Gasteiger partial charge in [-0.1, -0.05) is 6.92 Å². The van der Waals surface area contributed by atoms with E-state index in [9.17, 15) is 0 Å². The molecule has 16 heavy (non-hydrogen) atoms. The minimum Gasteiger partial charge on any atom is -0.314 e. The van der Waals surface area contributed by atoms with Crippen molar-refractivity contribution in [3.05, 3.63) is 0 Å². The molecule has 2 heteroatoms. The van der Waals surface area contributed by atoms with Crippen LogP contribution in [0.25, 0.3) is 0 Å². The van der Waals surface area contributed by atoms with E-state index in [1.807, 2.05) is 0 Å². The van der Waals surface area contributed by atoms with Crippen molar-refractivity contribution < 1.29 is 0 Å². The molecule has 0 aromatic heterocycles. The topological polar surface area (TPSA) is 15.3 Å². The molecule has 2 saturated heterocycles. The van der Waals surface area contributed by atoms with Crippen molar-refractivity contribution in [3.63, 3.8) is 0 Å². The summed E-state index contributed by atoms with van der Waals surface area (Å²) in [4.78, 5) is 2.67. The van der Waals surface area contributed by atoms with E-state index < -0.39 is 0 Å². The normalized spacial score (nSPS) is 33.9. The number of piperidine rings is 1. The van der Waals surface area contributed by atoms with Crippen LogP contribution in [0.5, 0.6) is 0 Å². The first-order valence-corrected chi connectivity index (χ1v) is 6.77. The molecule has 0 saturated carbocycles. The highest BCUT2D eigenvalue weighted by Crippen LogP contribution is 2.35. The van der Waals surface area contributed by atoms with E-state index in [2.05, 4.69) is 23.1 Å². The Morgan fingerprint density at radius 1 is 1.31 bits per heavy atom. The van der Waals surface area contributed by atoms with Crippen LogP contribution in [0, 0.1) is 12.3 Å². The molecule has 2 aliphatic heterocycles. The molecule has 2 nitrogen and oxygen atoms in total. The molecule has 0 aromatic rings. The van der Waals surface area contributed by atoms with Crippen molar-refractivity contribution in [2.75, 3.05) is 13.1 Å². The molecule has 0 amide bonds. The molecule has 90 valence electrons.